The number of amides is 2. The van der Waals surface area contributed by atoms with E-state index in [1.54, 1.807) is 6.92 Å². The van der Waals surface area contributed by atoms with Crippen molar-refractivity contribution in [3.63, 3.8) is 0 Å². The molecule has 2 unspecified atom stereocenters. The quantitative estimate of drug-likeness (QED) is 0.273. The van der Waals surface area contributed by atoms with Crippen LogP contribution in [0.5, 0.6) is 5.75 Å². The van der Waals surface area contributed by atoms with Crippen LogP contribution in [0, 0.1) is 6.92 Å². The summed E-state index contributed by atoms with van der Waals surface area (Å²) < 4.78 is 6.33. The number of para-hydroxylation sites is 1. The van der Waals surface area contributed by atoms with Crippen LogP contribution in [0.1, 0.15) is 68.4 Å². The molecule has 2 bridgehead atoms. The van der Waals surface area contributed by atoms with Gasteiger partial charge < -0.3 is 19.9 Å². The maximum atomic E-state index is 14.1. The molecule has 45 heavy (non-hydrogen) atoms. The summed E-state index contributed by atoms with van der Waals surface area (Å²) in [6, 6.07) is 25.3. The normalized spacial score (nSPS) is 18.1. The topological polar surface area (TPSA) is 61.9 Å². The zero-order chi connectivity index (χ0) is 32.1. The van der Waals surface area contributed by atoms with Crippen LogP contribution in [0.3, 0.4) is 0 Å². The number of hydrogen-bond donors (Lipinski definition) is 1. The van der Waals surface area contributed by atoms with Crippen molar-refractivity contribution in [2.45, 2.75) is 77.8 Å². The van der Waals surface area contributed by atoms with Crippen LogP contribution in [0.4, 0.5) is 0 Å². The highest BCUT2D eigenvalue weighted by molar-refractivity contribution is 6.03. The lowest BCUT2D eigenvalue weighted by Crippen LogP contribution is -2.61. The second-order valence-corrected chi connectivity index (χ2v) is 13.7. The predicted molar refractivity (Wildman–Crippen MR) is 182 cm³/mol. The fourth-order valence-electron chi connectivity index (χ4n) is 6.63. The number of likely N-dealkylation sites (N-methyl/N-ethyl adjacent to an activating group) is 1. The third-order valence-electron chi connectivity index (χ3n) is 9.18. The molecule has 1 saturated heterocycles. The molecule has 0 aromatic heterocycles. The summed E-state index contributed by atoms with van der Waals surface area (Å²) in [5, 5.41) is 3.66. The molecule has 5 rings (SSSR count). The second kappa shape index (κ2) is 14.0. The van der Waals surface area contributed by atoms with Gasteiger partial charge in [0.05, 0.1) is 12.6 Å². The molecule has 3 aromatic rings. The molecule has 1 N–H and O–H groups in total. The van der Waals surface area contributed by atoms with Gasteiger partial charge in [-0.15, -0.1) is 0 Å². The van der Waals surface area contributed by atoms with Gasteiger partial charge in [-0.2, -0.15) is 0 Å². The number of nitrogens with zero attached hydrogens (tertiary/aromatic N) is 2. The molecule has 0 spiro atoms. The Morgan fingerprint density at radius 1 is 0.933 bits per heavy atom. The van der Waals surface area contributed by atoms with E-state index in [9.17, 15) is 9.59 Å². The third-order valence-corrected chi connectivity index (χ3v) is 9.18. The van der Waals surface area contributed by atoms with Crippen molar-refractivity contribution >= 4 is 17.4 Å². The summed E-state index contributed by atoms with van der Waals surface area (Å²) in [6.45, 7) is 12.9. The van der Waals surface area contributed by atoms with E-state index >= 15 is 0 Å². The molecule has 3 aromatic carbocycles. The Morgan fingerprint density at radius 2 is 1.64 bits per heavy atom. The van der Waals surface area contributed by atoms with Gasteiger partial charge in [0, 0.05) is 45.2 Å². The number of fused-ring (bicyclic) bond motifs is 2. The standard InChI is InChI=1S/C39H49N3O3/c1-27-12-10-16-34(39(3,4)5)37(27)45-23-11-15-30-17-19-31(20-18-30)33-24-32-25-42(28(2)43)26-35(40-32)36(33)38(44)41(6)22-21-29-13-8-7-9-14-29/h7-10,12-14,16-20,32,35,40H,11,15,21-26H2,1-6H3. The summed E-state index contributed by atoms with van der Waals surface area (Å²) in [5.74, 6) is 1.11. The first-order valence-corrected chi connectivity index (χ1v) is 16.4. The number of carbonyl (C=O) groups excluding carboxylic acids is 2. The van der Waals surface area contributed by atoms with Crippen molar-refractivity contribution in [1.29, 1.82) is 0 Å². The first-order valence-electron chi connectivity index (χ1n) is 16.4. The fourth-order valence-corrected chi connectivity index (χ4v) is 6.63. The van der Waals surface area contributed by atoms with E-state index in [1.165, 1.54) is 22.3 Å². The second-order valence-electron chi connectivity index (χ2n) is 13.7. The molecule has 0 radical (unpaired) electrons. The van der Waals surface area contributed by atoms with Crippen molar-refractivity contribution in [3.8, 4) is 5.75 Å². The van der Waals surface area contributed by atoms with Crippen LogP contribution in [0.15, 0.2) is 78.4 Å². The highest BCUT2D eigenvalue weighted by atomic mass is 16.5. The fraction of sp³-hybridized carbons (Fsp3) is 0.436. The minimum Gasteiger partial charge on any atom is -0.493 e. The molecule has 0 aliphatic carbocycles. The smallest absolute Gasteiger partial charge is 0.251 e. The van der Waals surface area contributed by atoms with Crippen LogP contribution < -0.4 is 10.1 Å². The molecule has 6 heteroatoms. The van der Waals surface area contributed by atoms with E-state index in [4.69, 9.17) is 4.74 Å². The molecule has 6 nitrogen and oxygen atoms in total. The highest BCUT2D eigenvalue weighted by Gasteiger charge is 2.39. The Kier molecular flexibility index (Phi) is 10.1. The minimum atomic E-state index is -0.181. The van der Waals surface area contributed by atoms with Crippen molar-refractivity contribution < 1.29 is 14.3 Å². The Morgan fingerprint density at radius 3 is 2.33 bits per heavy atom. The molecule has 2 aliphatic rings. The maximum absolute atomic E-state index is 14.1. The number of ether oxygens (including phenoxy) is 1. The first kappa shape index (κ1) is 32.5. The molecule has 238 valence electrons. The minimum absolute atomic E-state index is 0.0281. The Labute approximate surface area is 269 Å². The molecule has 2 heterocycles. The van der Waals surface area contributed by atoms with E-state index < -0.39 is 0 Å². The van der Waals surface area contributed by atoms with Crippen LogP contribution in [-0.2, 0) is 27.8 Å². The van der Waals surface area contributed by atoms with E-state index in [0.29, 0.717) is 32.7 Å². The van der Waals surface area contributed by atoms with E-state index in [0.717, 1.165) is 41.7 Å². The van der Waals surface area contributed by atoms with Crippen molar-refractivity contribution in [3.05, 3.63) is 106 Å². The van der Waals surface area contributed by atoms with Gasteiger partial charge in [0.25, 0.3) is 5.91 Å². The van der Waals surface area contributed by atoms with Gasteiger partial charge in [-0.1, -0.05) is 93.6 Å². The van der Waals surface area contributed by atoms with E-state index in [-0.39, 0.29) is 29.3 Å². The third kappa shape index (κ3) is 7.85. The van der Waals surface area contributed by atoms with Gasteiger partial charge in [0.15, 0.2) is 0 Å². The number of aryl methyl sites for hydroxylation is 2. The van der Waals surface area contributed by atoms with E-state index in [1.807, 2.05) is 35.0 Å². The van der Waals surface area contributed by atoms with Gasteiger partial charge in [-0.25, -0.2) is 0 Å². The summed E-state index contributed by atoms with van der Waals surface area (Å²) in [5.41, 5.74) is 7.91. The van der Waals surface area contributed by atoms with Gasteiger partial charge in [-0.05, 0) is 71.4 Å². The molecule has 2 amide bonds. The Balaban J connectivity index is 1.30. The number of benzene rings is 3. The molecule has 0 saturated carbocycles. The molecular formula is C39H49N3O3. The summed E-state index contributed by atoms with van der Waals surface area (Å²) in [6.07, 6.45) is 3.36. The zero-order valence-corrected chi connectivity index (χ0v) is 27.9. The van der Waals surface area contributed by atoms with Gasteiger partial charge in [0.2, 0.25) is 5.91 Å². The van der Waals surface area contributed by atoms with Crippen LogP contribution >= 0.6 is 0 Å². The van der Waals surface area contributed by atoms with Crippen molar-refractivity contribution in [2.24, 2.45) is 0 Å². The van der Waals surface area contributed by atoms with Crippen LogP contribution in [-0.4, -0.2) is 67.0 Å². The van der Waals surface area contributed by atoms with Crippen molar-refractivity contribution in [1.82, 2.24) is 15.1 Å². The number of nitrogens with one attached hydrogen (secondary N) is 1. The lowest BCUT2D eigenvalue weighted by atomic mass is 9.82. The molecule has 2 atom stereocenters. The first-order chi connectivity index (χ1) is 21.5. The SMILES string of the molecule is CC(=O)N1CC2CC(c3ccc(CCCOc4c(C)cccc4C(C)(C)C)cc3)=C(C(=O)N(C)CCc3ccccc3)C(C1)N2. The summed E-state index contributed by atoms with van der Waals surface area (Å²) in [7, 11) is 1.89. The Bertz CT molecular complexity index is 1520. The van der Waals surface area contributed by atoms with Crippen LogP contribution in [0.25, 0.3) is 5.57 Å². The molecule has 2 aliphatic heterocycles. The lowest BCUT2D eigenvalue weighted by molar-refractivity contribution is -0.132. The average Bonchev–Trinajstić information content (AvgIpc) is 3.02. The zero-order valence-electron chi connectivity index (χ0n) is 27.9. The average molecular weight is 608 g/mol. The van der Waals surface area contributed by atoms with E-state index in [2.05, 4.69) is 87.6 Å². The predicted octanol–water partition coefficient (Wildman–Crippen LogP) is 6.35. The number of rotatable bonds is 10. The summed E-state index contributed by atoms with van der Waals surface area (Å²) in [4.78, 5) is 30.1. The van der Waals surface area contributed by atoms with Gasteiger partial charge >= 0.3 is 0 Å². The number of carbonyl (C=O) groups is 2. The van der Waals surface area contributed by atoms with Gasteiger partial charge in [-0.3, -0.25) is 9.59 Å². The maximum Gasteiger partial charge on any atom is 0.251 e. The largest absolute Gasteiger partial charge is 0.493 e. The monoisotopic (exact) mass is 607 g/mol. The number of hydrogen-bond acceptors (Lipinski definition) is 4. The highest BCUT2D eigenvalue weighted by Crippen LogP contribution is 2.35. The molecule has 1 fully saturated rings. The summed E-state index contributed by atoms with van der Waals surface area (Å²) >= 11 is 0. The lowest BCUT2D eigenvalue weighted by Gasteiger charge is -2.44. The molecular weight excluding hydrogens is 558 g/mol. The van der Waals surface area contributed by atoms with Crippen molar-refractivity contribution in [2.75, 3.05) is 33.3 Å². The Hall–Kier alpha value is -3.90. The van der Waals surface area contributed by atoms with Crippen LogP contribution in [0.2, 0.25) is 0 Å². The van der Waals surface area contributed by atoms with Gasteiger partial charge in [0.1, 0.15) is 5.75 Å². The number of piperazine rings is 1.